The van der Waals surface area contributed by atoms with Crippen LogP contribution in [0, 0.1) is 0 Å². The number of hydrogen-bond acceptors (Lipinski definition) is 6. The maximum atomic E-state index is 10.8. The van der Waals surface area contributed by atoms with Gasteiger partial charge in [0.2, 0.25) is 0 Å². The Kier molecular flexibility index (Phi) is 6.41. The van der Waals surface area contributed by atoms with E-state index in [0.29, 0.717) is 22.1 Å². The molecule has 0 fully saturated rings. The lowest BCUT2D eigenvalue weighted by molar-refractivity contribution is 0.0686. The first-order valence-electron chi connectivity index (χ1n) is 8.82. The van der Waals surface area contributed by atoms with Gasteiger partial charge in [-0.25, -0.2) is 9.59 Å². The van der Waals surface area contributed by atoms with Gasteiger partial charge in [0.1, 0.15) is 5.15 Å². The zero-order valence-electron chi connectivity index (χ0n) is 16.5. The molecule has 2 N–H and O–H groups in total. The van der Waals surface area contributed by atoms with Crippen molar-refractivity contribution in [3.8, 4) is 22.5 Å². The minimum absolute atomic E-state index is 0.171. The Bertz CT molecular complexity index is 1250. The van der Waals surface area contributed by atoms with Gasteiger partial charge in [-0.15, -0.1) is 0 Å². The van der Waals surface area contributed by atoms with Gasteiger partial charge in [-0.2, -0.15) is 10.2 Å². The second-order valence-electron chi connectivity index (χ2n) is 6.35. The van der Waals surface area contributed by atoms with Gasteiger partial charge in [-0.1, -0.05) is 11.6 Å². The molecule has 0 saturated heterocycles. The van der Waals surface area contributed by atoms with Crippen LogP contribution in [0.3, 0.4) is 0 Å². The molecular weight excluding hydrogens is 424 g/mol. The summed E-state index contributed by atoms with van der Waals surface area (Å²) in [5.41, 5.74) is 2.93. The molecule has 0 spiro atoms. The summed E-state index contributed by atoms with van der Waals surface area (Å²) in [5, 5.41) is 26.0. The SMILES string of the molecule is Cn1cc(-c2cc(C(=O)O)ccn2)cn1.Cn1ncc(-c2cc(C(=O)O)ccn2)c1Cl. The van der Waals surface area contributed by atoms with E-state index in [-0.39, 0.29) is 11.1 Å². The topological polar surface area (TPSA) is 136 Å². The van der Waals surface area contributed by atoms with E-state index < -0.39 is 11.9 Å². The largest absolute Gasteiger partial charge is 0.478 e. The molecule has 158 valence electrons. The van der Waals surface area contributed by atoms with Crippen LogP contribution in [0.2, 0.25) is 5.15 Å². The van der Waals surface area contributed by atoms with E-state index in [4.69, 9.17) is 21.8 Å². The van der Waals surface area contributed by atoms with E-state index in [0.717, 1.165) is 5.56 Å². The van der Waals surface area contributed by atoms with Crippen molar-refractivity contribution in [2.45, 2.75) is 0 Å². The highest BCUT2D eigenvalue weighted by molar-refractivity contribution is 6.32. The smallest absolute Gasteiger partial charge is 0.335 e. The quantitative estimate of drug-likeness (QED) is 0.494. The number of aromatic carboxylic acids is 2. The summed E-state index contributed by atoms with van der Waals surface area (Å²) in [6, 6.07) is 5.88. The minimum Gasteiger partial charge on any atom is -0.478 e. The van der Waals surface area contributed by atoms with Crippen molar-refractivity contribution in [2.24, 2.45) is 14.1 Å². The molecule has 4 rings (SSSR count). The van der Waals surface area contributed by atoms with Crippen LogP contribution in [-0.2, 0) is 14.1 Å². The molecule has 0 atom stereocenters. The zero-order valence-corrected chi connectivity index (χ0v) is 17.2. The molecule has 4 aromatic rings. The molecule has 0 saturated carbocycles. The number of halogens is 1. The highest BCUT2D eigenvalue weighted by Crippen LogP contribution is 2.25. The lowest BCUT2D eigenvalue weighted by Gasteiger charge is -2.00. The van der Waals surface area contributed by atoms with E-state index in [1.54, 1.807) is 37.4 Å². The number of aryl methyl sites for hydroxylation is 2. The molecule has 0 aromatic carbocycles. The number of nitrogens with zero attached hydrogens (tertiary/aromatic N) is 6. The van der Waals surface area contributed by atoms with Crippen molar-refractivity contribution in [2.75, 3.05) is 0 Å². The molecule has 10 nitrogen and oxygen atoms in total. The Hall–Kier alpha value is -4.05. The normalized spacial score (nSPS) is 10.3. The van der Waals surface area contributed by atoms with Crippen LogP contribution < -0.4 is 0 Å². The maximum Gasteiger partial charge on any atom is 0.335 e. The molecule has 0 radical (unpaired) electrons. The van der Waals surface area contributed by atoms with Crippen LogP contribution in [0.1, 0.15) is 20.7 Å². The van der Waals surface area contributed by atoms with Crippen molar-refractivity contribution >= 4 is 23.5 Å². The number of carbonyl (C=O) groups is 2. The Morgan fingerprint density at radius 2 is 1.48 bits per heavy atom. The van der Waals surface area contributed by atoms with Crippen molar-refractivity contribution in [3.63, 3.8) is 0 Å². The molecule has 4 heterocycles. The standard InChI is InChI=1S/C10H8ClN3O2.C10H9N3O2/c1-14-9(11)7(5-13-14)8-4-6(10(15)16)2-3-12-8;1-13-6-8(5-12-13)9-4-7(10(14)15)2-3-11-9/h2-5H,1H3,(H,15,16);2-6H,1H3,(H,14,15). The molecule has 0 aliphatic heterocycles. The Labute approximate surface area is 181 Å². The van der Waals surface area contributed by atoms with E-state index in [2.05, 4.69) is 20.2 Å². The van der Waals surface area contributed by atoms with Crippen LogP contribution in [0.15, 0.2) is 55.2 Å². The van der Waals surface area contributed by atoms with E-state index in [9.17, 15) is 9.59 Å². The summed E-state index contributed by atoms with van der Waals surface area (Å²) in [5.74, 6) is -1.95. The number of carboxylic acids is 2. The van der Waals surface area contributed by atoms with E-state index >= 15 is 0 Å². The molecule has 0 aliphatic carbocycles. The van der Waals surface area contributed by atoms with E-state index in [1.165, 1.54) is 41.3 Å². The first-order valence-corrected chi connectivity index (χ1v) is 9.19. The first-order chi connectivity index (χ1) is 14.8. The summed E-state index contributed by atoms with van der Waals surface area (Å²) in [7, 11) is 3.50. The van der Waals surface area contributed by atoms with Crippen molar-refractivity contribution in [3.05, 3.63) is 71.5 Å². The predicted molar refractivity (Wildman–Crippen MR) is 112 cm³/mol. The molecule has 4 aromatic heterocycles. The molecule has 0 bridgehead atoms. The monoisotopic (exact) mass is 440 g/mol. The van der Waals surface area contributed by atoms with Gasteiger partial charge in [0.25, 0.3) is 0 Å². The first kappa shape index (κ1) is 21.7. The van der Waals surface area contributed by atoms with E-state index in [1.807, 2.05) is 0 Å². The fourth-order valence-electron chi connectivity index (χ4n) is 2.58. The summed E-state index contributed by atoms with van der Waals surface area (Å²) in [6.45, 7) is 0. The number of aromatic nitrogens is 6. The highest BCUT2D eigenvalue weighted by atomic mass is 35.5. The van der Waals surface area contributed by atoms with Gasteiger partial charge in [0.15, 0.2) is 0 Å². The fraction of sp³-hybridized carbons (Fsp3) is 0.100. The van der Waals surface area contributed by atoms with Crippen LogP contribution in [0.4, 0.5) is 0 Å². The van der Waals surface area contributed by atoms with Gasteiger partial charge in [0.05, 0.1) is 40.5 Å². The second kappa shape index (κ2) is 9.18. The summed E-state index contributed by atoms with van der Waals surface area (Å²) >= 11 is 5.99. The summed E-state index contributed by atoms with van der Waals surface area (Å²) < 4.78 is 3.14. The Morgan fingerprint density at radius 3 is 1.97 bits per heavy atom. The molecule has 31 heavy (non-hydrogen) atoms. The molecule has 0 amide bonds. The van der Waals surface area contributed by atoms with Crippen LogP contribution in [0.25, 0.3) is 22.5 Å². The zero-order chi connectivity index (χ0) is 22.5. The van der Waals surface area contributed by atoms with Crippen molar-refractivity contribution < 1.29 is 19.8 Å². The molecule has 11 heteroatoms. The minimum atomic E-state index is -0.997. The summed E-state index contributed by atoms with van der Waals surface area (Å²) in [6.07, 6.45) is 7.89. The van der Waals surface area contributed by atoms with Gasteiger partial charge in [-0.05, 0) is 24.3 Å². The van der Waals surface area contributed by atoms with Crippen molar-refractivity contribution in [1.29, 1.82) is 0 Å². The number of hydrogen-bond donors (Lipinski definition) is 2. The lowest BCUT2D eigenvalue weighted by Crippen LogP contribution is -1.97. The Morgan fingerprint density at radius 1 is 0.903 bits per heavy atom. The number of carboxylic acid groups (broad SMARTS) is 2. The second-order valence-corrected chi connectivity index (χ2v) is 6.70. The third-order valence-electron chi connectivity index (χ3n) is 4.16. The molecular formula is C20H17ClN6O4. The van der Waals surface area contributed by atoms with Gasteiger partial charge in [-0.3, -0.25) is 19.3 Å². The number of pyridine rings is 2. The van der Waals surface area contributed by atoms with Gasteiger partial charge >= 0.3 is 11.9 Å². The third-order valence-corrected chi connectivity index (χ3v) is 4.60. The third kappa shape index (κ3) is 5.11. The predicted octanol–water partition coefficient (Wildman–Crippen LogP) is 3.01. The lowest BCUT2D eigenvalue weighted by atomic mass is 10.1. The summed E-state index contributed by atoms with van der Waals surface area (Å²) in [4.78, 5) is 29.7. The number of rotatable bonds is 4. The highest BCUT2D eigenvalue weighted by Gasteiger charge is 2.12. The van der Waals surface area contributed by atoms with Crippen LogP contribution in [-0.4, -0.2) is 51.7 Å². The van der Waals surface area contributed by atoms with Crippen LogP contribution >= 0.6 is 11.6 Å². The van der Waals surface area contributed by atoms with Crippen molar-refractivity contribution in [1.82, 2.24) is 29.5 Å². The average molecular weight is 441 g/mol. The average Bonchev–Trinajstić information content (AvgIpc) is 3.34. The fourth-order valence-corrected chi connectivity index (χ4v) is 2.77. The Balaban J connectivity index is 0.000000176. The van der Waals surface area contributed by atoms with Gasteiger partial charge < -0.3 is 10.2 Å². The molecule has 0 aliphatic rings. The van der Waals surface area contributed by atoms with Gasteiger partial charge in [0, 0.05) is 38.2 Å². The maximum absolute atomic E-state index is 10.8. The van der Waals surface area contributed by atoms with Crippen LogP contribution in [0.5, 0.6) is 0 Å². The molecule has 0 unspecified atom stereocenters.